The van der Waals surface area contributed by atoms with E-state index in [0.29, 0.717) is 4.47 Å². The van der Waals surface area contributed by atoms with Crippen LogP contribution in [0.5, 0.6) is 0 Å². The van der Waals surface area contributed by atoms with Crippen LogP contribution in [0.1, 0.15) is 17.4 Å². The van der Waals surface area contributed by atoms with Gasteiger partial charge >= 0.3 is 12.3 Å². The Morgan fingerprint density at radius 2 is 2.22 bits per heavy atom. The number of carbonyl (C=O) groups is 1. The van der Waals surface area contributed by atoms with Crippen LogP contribution < -0.4 is 5.73 Å². The van der Waals surface area contributed by atoms with Crippen molar-refractivity contribution in [2.75, 3.05) is 0 Å². The Morgan fingerprint density at radius 1 is 1.61 bits per heavy atom. The number of alkyl halides is 3. The summed E-state index contributed by atoms with van der Waals surface area (Å²) in [7, 11) is 0. The molecule has 0 saturated heterocycles. The second-order valence-corrected chi connectivity index (χ2v) is 4.13. The zero-order valence-corrected chi connectivity index (χ0v) is 10.3. The predicted molar refractivity (Wildman–Crippen MR) is 57.3 cm³/mol. The minimum Gasteiger partial charge on any atom is -0.430 e. The molecule has 0 aliphatic carbocycles. The average Bonchev–Trinajstić information content (AvgIpc) is 2.24. The molecule has 1 atom stereocenters. The molecule has 0 aromatic carbocycles. The Morgan fingerprint density at radius 3 is 2.67 bits per heavy atom. The van der Waals surface area contributed by atoms with E-state index in [4.69, 9.17) is 5.11 Å². The lowest BCUT2D eigenvalue weighted by atomic mass is 10.1. The van der Waals surface area contributed by atoms with Gasteiger partial charge in [-0.3, -0.25) is 4.98 Å². The summed E-state index contributed by atoms with van der Waals surface area (Å²) >= 11 is 3.00. The van der Waals surface area contributed by atoms with Crippen molar-refractivity contribution in [3.8, 4) is 0 Å². The molecule has 0 fully saturated rings. The lowest BCUT2D eigenvalue weighted by molar-refractivity contribution is -0.207. The molecule has 0 bridgehead atoms. The molecule has 0 spiro atoms. The zero-order valence-electron chi connectivity index (χ0n) is 8.74. The highest BCUT2D eigenvalue weighted by atomic mass is 79.9. The van der Waals surface area contributed by atoms with Crippen LogP contribution in [-0.4, -0.2) is 22.4 Å². The number of hydrogen-bond acceptors (Lipinski definition) is 4. The van der Waals surface area contributed by atoms with Crippen molar-refractivity contribution in [2.45, 2.75) is 18.9 Å². The fraction of sp³-hybridized carbons (Fsp3) is 0.333. The number of pyridine rings is 1. The van der Waals surface area contributed by atoms with Gasteiger partial charge in [0.25, 0.3) is 0 Å². The summed E-state index contributed by atoms with van der Waals surface area (Å²) in [4.78, 5) is 14.0. The molecule has 1 heterocycles. The fourth-order valence-corrected chi connectivity index (χ4v) is 1.63. The maximum Gasteiger partial charge on any atom is 0.431 e. The van der Waals surface area contributed by atoms with Crippen molar-refractivity contribution in [3.63, 3.8) is 0 Å². The van der Waals surface area contributed by atoms with Gasteiger partial charge in [0.2, 0.25) is 6.10 Å². The monoisotopic (exact) mass is 328 g/mol. The van der Waals surface area contributed by atoms with Crippen molar-refractivity contribution in [1.82, 2.24) is 4.98 Å². The Bertz CT molecular complexity index is 453. The number of halogens is 4. The van der Waals surface area contributed by atoms with Gasteiger partial charge in [0, 0.05) is 16.2 Å². The van der Waals surface area contributed by atoms with Crippen LogP contribution in [0, 0.1) is 0 Å². The van der Waals surface area contributed by atoms with E-state index < -0.39 is 30.7 Å². The molecule has 0 radical (unpaired) electrons. The maximum absolute atomic E-state index is 12.7. The number of carbonyl (C=O) groups excluding carboxylic acids is 1. The first-order valence-electron chi connectivity index (χ1n) is 4.53. The molecule has 3 N–H and O–H groups in total. The molecule has 1 unspecified atom stereocenters. The molecule has 1 rings (SSSR count). The van der Waals surface area contributed by atoms with Crippen LogP contribution in [0.4, 0.5) is 18.0 Å². The van der Waals surface area contributed by atoms with E-state index in [1.807, 2.05) is 0 Å². The second-order valence-electron chi connectivity index (χ2n) is 3.21. The first-order valence-corrected chi connectivity index (χ1v) is 5.33. The van der Waals surface area contributed by atoms with E-state index >= 15 is 0 Å². The topological polar surface area (TPSA) is 85.4 Å². The standard InChI is InChI=1S/C9H8BrF3N2O3/c10-5-1-4(3-16)6(15-2-5)7(9(11,12)13)18-8(14)17/h1-2,7,16H,3H2,(H2,14,17). The van der Waals surface area contributed by atoms with Crippen LogP contribution in [0.3, 0.4) is 0 Å². The van der Waals surface area contributed by atoms with Gasteiger partial charge in [-0.05, 0) is 22.0 Å². The number of aliphatic hydroxyl groups excluding tert-OH is 1. The fourth-order valence-electron chi connectivity index (χ4n) is 1.25. The van der Waals surface area contributed by atoms with E-state index in [0.717, 1.165) is 6.20 Å². The summed E-state index contributed by atoms with van der Waals surface area (Å²) in [6.45, 7) is -0.684. The molecular weight excluding hydrogens is 321 g/mol. The van der Waals surface area contributed by atoms with Crippen molar-refractivity contribution in [1.29, 1.82) is 0 Å². The molecule has 0 saturated carbocycles. The number of rotatable bonds is 3. The molecule has 0 aliphatic heterocycles. The molecule has 0 aliphatic rings. The third-order valence-electron chi connectivity index (χ3n) is 1.92. The van der Waals surface area contributed by atoms with Crippen molar-refractivity contribution in [2.24, 2.45) is 5.73 Å². The Hall–Kier alpha value is -1.35. The van der Waals surface area contributed by atoms with Crippen LogP contribution in [0.2, 0.25) is 0 Å². The summed E-state index contributed by atoms with van der Waals surface area (Å²) in [5.74, 6) is 0. The van der Waals surface area contributed by atoms with E-state index in [1.54, 1.807) is 0 Å². The number of aromatic nitrogens is 1. The molecule has 1 aromatic rings. The van der Waals surface area contributed by atoms with Crippen molar-refractivity contribution in [3.05, 3.63) is 28.0 Å². The summed E-state index contributed by atoms with van der Waals surface area (Å²) in [6.07, 6.45) is -7.96. The first kappa shape index (κ1) is 14.7. The number of amides is 1. The third kappa shape index (κ3) is 3.57. The highest BCUT2D eigenvalue weighted by Gasteiger charge is 2.46. The van der Waals surface area contributed by atoms with Crippen molar-refractivity contribution >= 4 is 22.0 Å². The van der Waals surface area contributed by atoms with Crippen LogP contribution in [-0.2, 0) is 11.3 Å². The van der Waals surface area contributed by atoms with E-state index in [9.17, 15) is 18.0 Å². The molecule has 18 heavy (non-hydrogen) atoms. The minimum absolute atomic E-state index is 0.118. The van der Waals surface area contributed by atoms with Gasteiger partial charge in [-0.15, -0.1) is 0 Å². The molecule has 100 valence electrons. The smallest absolute Gasteiger partial charge is 0.430 e. The van der Waals surface area contributed by atoms with Crippen LogP contribution in [0.15, 0.2) is 16.7 Å². The van der Waals surface area contributed by atoms with E-state index in [2.05, 4.69) is 31.4 Å². The van der Waals surface area contributed by atoms with Gasteiger partial charge in [0.15, 0.2) is 0 Å². The highest BCUT2D eigenvalue weighted by Crippen LogP contribution is 2.36. The van der Waals surface area contributed by atoms with Gasteiger partial charge in [-0.25, -0.2) is 4.79 Å². The number of nitrogens with zero attached hydrogens (tertiary/aromatic N) is 1. The third-order valence-corrected chi connectivity index (χ3v) is 2.35. The van der Waals surface area contributed by atoms with Gasteiger partial charge in [0.1, 0.15) is 0 Å². The Kier molecular flexibility index (Phi) is 4.52. The van der Waals surface area contributed by atoms with Gasteiger partial charge in [0.05, 0.1) is 12.3 Å². The number of hydrogen-bond donors (Lipinski definition) is 2. The number of nitrogens with two attached hydrogens (primary N) is 1. The number of aliphatic hydroxyl groups is 1. The first-order chi connectivity index (χ1) is 8.25. The highest BCUT2D eigenvalue weighted by molar-refractivity contribution is 9.10. The zero-order chi connectivity index (χ0) is 13.9. The largest absolute Gasteiger partial charge is 0.431 e. The number of primary amides is 1. The lowest BCUT2D eigenvalue weighted by Gasteiger charge is -2.21. The normalized spacial score (nSPS) is 13.2. The SMILES string of the molecule is NC(=O)OC(c1ncc(Br)cc1CO)C(F)(F)F. The van der Waals surface area contributed by atoms with Gasteiger partial charge in [-0.1, -0.05) is 0 Å². The minimum atomic E-state index is -4.88. The summed E-state index contributed by atoms with van der Waals surface area (Å²) in [6, 6.07) is 1.24. The number of ether oxygens (including phenoxy) is 1. The molecule has 9 heteroatoms. The average molecular weight is 329 g/mol. The van der Waals surface area contributed by atoms with Crippen LogP contribution in [0.25, 0.3) is 0 Å². The molecule has 1 amide bonds. The van der Waals surface area contributed by atoms with E-state index in [1.165, 1.54) is 6.07 Å². The van der Waals surface area contributed by atoms with Crippen molar-refractivity contribution < 1.29 is 27.8 Å². The quantitative estimate of drug-likeness (QED) is 0.889. The maximum atomic E-state index is 12.7. The molecule has 5 nitrogen and oxygen atoms in total. The van der Waals surface area contributed by atoms with Gasteiger partial charge < -0.3 is 15.6 Å². The predicted octanol–water partition coefficient (Wildman–Crippen LogP) is 2.04. The summed E-state index contributed by atoms with van der Waals surface area (Å²) in [5.41, 5.74) is 3.87. The van der Waals surface area contributed by atoms with Crippen LogP contribution >= 0.6 is 15.9 Å². The molecule has 1 aromatic heterocycles. The molecular formula is C9H8BrF3N2O3. The Balaban J connectivity index is 3.24. The summed E-state index contributed by atoms with van der Waals surface area (Å²) < 4.78 is 42.5. The Labute approximate surface area is 108 Å². The second kappa shape index (κ2) is 5.53. The lowest BCUT2D eigenvalue weighted by Crippen LogP contribution is -2.30. The van der Waals surface area contributed by atoms with E-state index in [-0.39, 0.29) is 5.56 Å². The summed E-state index contributed by atoms with van der Waals surface area (Å²) in [5, 5.41) is 8.99. The van der Waals surface area contributed by atoms with Gasteiger partial charge in [-0.2, -0.15) is 13.2 Å².